The average molecular weight is 285 g/mol. The van der Waals surface area contributed by atoms with Crippen molar-refractivity contribution in [1.82, 2.24) is 0 Å². The van der Waals surface area contributed by atoms with Crippen molar-refractivity contribution in [1.29, 1.82) is 0 Å². The van der Waals surface area contributed by atoms with Crippen molar-refractivity contribution < 1.29 is 14.7 Å². The first-order valence-electron chi connectivity index (χ1n) is 5.88. The van der Waals surface area contributed by atoms with Crippen molar-refractivity contribution in [3.8, 4) is 0 Å². The number of rotatable bonds is 6. The van der Waals surface area contributed by atoms with Crippen LogP contribution >= 0.6 is 11.6 Å². The second-order valence-corrected chi connectivity index (χ2v) is 5.09. The molecular formula is C13H17ClN2O3. The number of anilines is 1. The average Bonchev–Trinajstić information content (AvgIpc) is 2.25. The monoisotopic (exact) mass is 284 g/mol. The Balaban J connectivity index is 3.24. The minimum Gasteiger partial charge on any atom is -0.478 e. The number of carbonyl (C=O) groups excluding carboxylic acids is 1. The van der Waals surface area contributed by atoms with Crippen LogP contribution in [0.4, 0.5) is 5.69 Å². The van der Waals surface area contributed by atoms with Crippen LogP contribution < -0.4 is 10.6 Å². The molecule has 0 atom stereocenters. The molecule has 0 saturated carbocycles. The van der Waals surface area contributed by atoms with Crippen molar-refractivity contribution >= 4 is 29.2 Å². The van der Waals surface area contributed by atoms with Crippen molar-refractivity contribution in [3.05, 3.63) is 28.8 Å². The first-order chi connectivity index (χ1) is 8.82. The lowest BCUT2D eigenvalue weighted by molar-refractivity contribution is -0.116. The molecule has 0 aliphatic heterocycles. The smallest absolute Gasteiger partial charge is 0.339 e. The quantitative estimate of drug-likeness (QED) is 0.837. The van der Waals surface area contributed by atoms with Crippen molar-refractivity contribution in [3.63, 3.8) is 0 Å². The molecule has 1 aromatic rings. The molecule has 19 heavy (non-hydrogen) atoms. The van der Waals surface area contributed by atoms with E-state index >= 15 is 0 Å². The fourth-order valence-electron chi connectivity index (χ4n) is 1.86. The molecule has 0 spiro atoms. The van der Waals surface area contributed by atoms with Crippen molar-refractivity contribution in [2.24, 2.45) is 11.7 Å². The van der Waals surface area contributed by atoms with E-state index in [1.165, 1.54) is 6.07 Å². The van der Waals surface area contributed by atoms with Gasteiger partial charge in [-0.3, -0.25) is 4.79 Å². The predicted octanol–water partition coefficient (Wildman–Crippen LogP) is 1.99. The molecule has 1 aromatic carbocycles. The molecule has 0 aromatic heterocycles. The number of amides is 1. The number of halogens is 1. The summed E-state index contributed by atoms with van der Waals surface area (Å²) >= 11 is 5.92. The maximum absolute atomic E-state index is 11.3. The number of aromatic carboxylic acids is 1. The van der Waals surface area contributed by atoms with Crippen LogP contribution in [0, 0.1) is 5.92 Å². The minimum absolute atomic E-state index is 0.00827. The highest BCUT2D eigenvalue weighted by atomic mass is 35.5. The summed E-state index contributed by atoms with van der Waals surface area (Å²) in [5, 5.41) is 9.38. The Kier molecular flexibility index (Phi) is 5.18. The Morgan fingerprint density at radius 3 is 2.53 bits per heavy atom. The molecular weight excluding hydrogens is 268 g/mol. The van der Waals surface area contributed by atoms with Gasteiger partial charge in [0.05, 0.1) is 17.3 Å². The Morgan fingerprint density at radius 1 is 1.42 bits per heavy atom. The van der Waals surface area contributed by atoms with Gasteiger partial charge in [0.25, 0.3) is 0 Å². The zero-order valence-corrected chi connectivity index (χ0v) is 11.6. The van der Waals surface area contributed by atoms with Gasteiger partial charge in [-0.2, -0.15) is 0 Å². The lowest BCUT2D eigenvalue weighted by atomic mass is 10.1. The molecule has 0 saturated heterocycles. The molecule has 104 valence electrons. The maximum Gasteiger partial charge on any atom is 0.339 e. The Hall–Kier alpha value is -1.75. The predicted molar refractivity (Wildman–Crippen MR) is 74.7 cm³/mol. The molecule has 0 fully saturated rings. The van der Waals surface area contributed by atoms with E-state index in [0.29, 0.717) is 12.2 Å². The van der Waals surface area contributed by atoms with Gasteiger partial charge in [-0.15, -0.1) is 0 Å². The molecule has 0 radical (unpaired) electrons. The lowest BCUT2D eigenvalue weighted by Crippen LogP contribution is -2.37. The van der Waals surface area contributed by atoms with Crippen LogP contribution in [0.3, 0.4) is 0 Å². The third-order valence-electron chi connectivity index (χ3n) is 2.48. The summed E-state index contributed by atoms with van der Waals surface area (Å²) in [6.45, 7) is 4.42. The molecule has 1 rings (SSSR count). The van der Waals surface area contributed by atoms with E-state index in [-0.39, 0.29) is 23.0 Å². The minimum atomic E-state index is -1.13. The fourth-order valence-corrected chi connectivity index (χ4v) is 2.12. The molecule has 0 aliphatic rings. The highest BCUT2D eigenvalue weighted by Crippen LogP contribution is 2.28. The van der Waals surface area contributed by atoms with Gasteiger partial charge in [0.1, 0.15) is 5.56 Å². The van der Waals surface area contributed by atoms with Gasteiger partial charge >= 0.3 is 5.97 Å². The van der Waals surface area contributed by atoms with Gasteiger partial charge in [-0.1, -0.05) is 31.5 Å². The third-order valence-corrected chi connectivity index (χ3v) is 2.79. The van der Waals surface area contributed by atoms with Gasteiger partial charge in [-0.25, -0.2) is 4.79 Å². The van der Waals surface area contributed by atoms with Crippen molar-refractivity contribution in [2.75, 3.05) is 18.0 Å². The lowest BCUT2D eigenvalue weighted by Gasteiger charge is -2.27. The van der Waals surface area contributed by atoms with Crippen molar-refractivity contribution in [2.45, 2.75) is 13.8 Å². The number of primary amides is 1. The number of nitrogens with two attached hydrogens (primary N) is 1. The van der Waals surface area contributed by atoms with E-state index in [2.05, 4.69) is 0 Å². The second kappa shape index (κ2) is 6.43. The molecule has 6 heteroatoms. The summed E-state index contributed by atoms with van der Waals surface area (Å²) in [6, 6.07) is 4.78. The molecule has 5 nitrogen and oxygen atoms in total. The van der Waals surface area contributed by atoms with Crippen LogP contribution in [0.5, 0.6) is 0 Å². The largest absolute Gasteiger partial charge is 0.478 e. The van der Waals surface area contributed by atoms with Gasteiger partial charge in [0.15, 0.2) is 0 Å². The number of benzene rings is 1. The summed E-state index contributed by atoms with van der Waals surface area (Å²) in [7, 11) is 0. The molecule has 0 aliphatic carbocycles. The van der Waals surface area contributed by atoms with Crippen LogP contribution in [-0.2, 0) is 4.79 Å². The first-order valence-corrected chi connectivity index (χ1v) is 6.25. The van der Waals surface area contributed by atoms with Crippen LogP contribution in [0.2, 0.25) is 5.02 Å². The van der Waals surface area contributed by atoms with E-state index in [4.69, 9.17) is 17.3 Å². The first kappa shape index (κ1) is 15.3. The van der Waals surface area contributed by atoms with Crippen LogP contribution in [0.1, 0.15) is 24.2 Å². The number of carboxylic acids is 1. The van der Waals surface area contributed by atoms with Crippen LogP contribution in [-0.4, -0.2) is 30.1 Å². The number of carbonyl (C=O) groups is 2. The van der Waals surface area contributed by atoms with E-state index in [9.17, 15) is 14.7 Å². The van der Waals surface area contributed by atoms with Gasteiger partial charge < -0.3 is 15.7 Å². The van der Waals surface area contributed by atoms with E-state index in [1.54, 1.807) is 17.0 Å². The molecule has 0 heterocycles. The summed E-state index contributed by atoms with van der Waals surface area (Å²) < 4.78 is 0. The summed E-state index contributed by atoms with van der Waals surface area (Å²) in [5.41, 5.74) is 5.61. The molecule has 3 N–H and O–H groups in total. The SMILES string of the molecule is CC(C)CN(CC(N)=O)c1cccc(Cl)c1C(=O)O. The highest BCUT2D eigenvalue weighted by molar-refractivity contribution is 6.34. The Morgan fingerprint density at radius 2 is 2.05 bits per heavy atom. The maximum atomic E-state index is 11.3. The number of carboxylic acid groups (broad SMARTS) is 1. The standard InChI is InChI=1S/C13H17ClN2O3/c1-8(2)6-16(7-11(15)17)10-5-3-4-9(14)12(10)13(18)19/h3-5,8H,6-7H2,1-2H3,(H2,15,17)(H,18,19). The van der Waals surface area contributed by atoms with Gasteiger partial charge in [0.2, 0.25) is 5.91 Å². The van der Waals surface area contributed by atoms with E-state index in [0.717, 1.165) is 0 Å². The Bertz CT molecular complexity index is 489. The summed E-state index contributed by atoms with van der Waals surface area (Å²) in [5.74, 6) is -1.39. The van der Waals surface area contributed by atoms with Gasteiger partial charge in [-0.05, 0) is 18.1 Å². The van der Waals surface area contributed by atoms with Crippen LogP contribution in [0.15, 0.2) is 18.2 Å². The molecule has 1 amide bonds. The zero-order valence-electron chi connectivity index (χ0n) is 10.9. The normalized spacial score (nSPS) is 10.5. The number of hydrogen-bond acceptors (Lipinski definition) is 3. The van der Waals surface area contributed by atoms with E-state index < -0.39 is 11.9 Å². The number of hydrogen-bond donors (Lipinski definition) is 2. The third kappa shape index (κ3) is 4.13. The van der Waals surface area contributed by atoms with Gasteiger partial charge in [0, 0.05) is 6.54 Å². The van der Waals surface area contributed by atoms with Crippen LogP contribution in [0.25, 0.3) is 0 Å². The second-order valence-electron chi connectivity index (χ2n) is 4.68. The highest BCUT2D eigenvalue weighted by Gasteiger charge is 2.20. The Labute approximate surface area is 117 Å². The fraction of sp³-hybridized carbons (Fsp3) is 0.385. The number of nitrogens with zero attached hydrogens (tertiary/aromatic N) is 1. The zero-order chi connectivity index (χ0) is 14.6. The topological polar surface area (TPSA) is 83.6 Å². The summed E-state index contributed by atoms with van der Waals surface area (Å²) in [4.78, 5) is 24.1. The molecule has 0 unspecified atom stereocenters. The summed E-state index contributed by atoms with van der Waals surface area (Å²) in [6.07, 6.45) is 0. The van der Waals surface area contributed by atoms with E-state index in [1.807, 2.05) is 13.8 Å². The molecule has 0 bridgehead atoms.